The molecule has 1 atom stereocenters. The summed E-state index contributed by atoms with van der Waals surface area (Å²) in [7, 11) is 0. The van der Waals surface area contributed by atoms with Crippen LogP contribution in [-0.2, 0) is 4.79 Å². The second-order valence-electron chi connectivity index (χ2n) is 2.72. The maximum absolute atomic E-state index is 10.2. The van der Waals surface area contributed by atoms with Crippen LogP contribution in [0.5, 0.6) is 0 Å². The van der Waals surface area contributed by atoms with E-state index in [0.717, 1.165) is 6.42 Å². The summed E-state index contributed by atoms with van der Waals surface area (Å²) < 4.78 is 0. The van der Waals surface area contributed by atoms with Gasteiger partial charge in [0.15, 0.2) is 0 Å². The summed E-state index contributed by atoms with van der Waals surface area (Å²) in [5.74, 6) is -0.836. The van der Waals surface area contributed by atoms with E-state index in [0.29, 0.717) is 19.3 Å². The molecule has 0 saturated heterocycles. The van der Waals surface area contributed by atoms with Crippen molar-refractivity contribution in [2.24, 2.45) is 11.5 Å². The standard InChI is InChI=1S/C7H15N3O2/c8-5(7(11)12)3-1-2-4-6(9)10/h5H,1-4,8H2,(H3,9,10)(H,11,12)/t5-/m1/s1. The molecule has 0 aromatic rings. The van der Waals surface area contributed by atoms with Crippen LogP contribution in [0.3, 0.4) is 0 Å². The Kier molecular flexibility index (Phi) is 5.03. The van der Waals surface area contributed by atoms with E-state index < -0.39 is 12.0 Å². The summed E-state index contributed by atoms with van der Waals surface area (Å²) in [6, 6.07) is -0.781. The van der Waals surface area contributed by atoms with Gasteiger partial charge in [0.1, 0.15) is 6.04 Å². The van der Waals surface area contributed by atoms with E-state index in [-0.39, 0.29) is 5.84 Å². The molecule has 0 saturated carbocycles. The molecule has 6 N–H and O–H groups in total. The molecule has 0 bridgehead atoms. The third-order valence-electron chi connectivity index (χ3n) is 1.53. The Morgan fingerprint density at radius 1 is 1.50 bits per heavy atom. The van der Waals surface area contributed by atoms with Crippen LogP contribution in [0, 0.1) is 5.41 Å². The van der Waals surface area contributed by atoms with Crippen LogP contribution in [0.1, 0.15) is 25.7 Å². The van der Waals surface area contributed by atoms with E-state index in [1.807, 2.05) is 0 Å². The van der Waals surface area contributed by atoms with Gasteiger partial charge < -0.3 is 16.6 Å². The molecule has 0 aromatic heterocycles. The SMILES string of the molecule is N=C(N)CCCC[C@@H](N)C(=O)O. The predicted molar refractivity (Wildman–Crippen MR) is 46.0 cm³/mol. The number of unbranched alkanes of at least 4 members (excludes halogenated alkanes) is 1. The van der Waals surface area contributed by atoms with Crippen LogP contribution >= 0.6 is 0 Å². The van der Waals surface area contributed by atoms with Gasteiger partial charge in [0, 0.05) is 6.42 Å². The summed E-state index contributed by atoms with van der Waals surface area (Å²) in [5.41, 5.74) is 10.4. The highest BCUT2D eigenvalue weighted by molar-refractivity contribution is 5.76. The molecule has 0 radical (unpaired) electrons. The van der Waals surface area contributed by atoms with Gasteiger partial charge >= 0.3 is 5.97 Å². The Labute approximate surface area is 71.2 Å². The molecule has 0 heterocycles. The zero-order chi connectivity index (χ0) is 9.56. The van der Waals surface area contributed by atoms with Crippen LogP contribution in [0.15, 0.2) is 0 Å². The highest BCUT2D eigenvalue weighted by Crippen LogP contribution is 2.01. The number of aliphatic carboxylic acids is 1. The quantitative estimate of drug-likeness (QED) is 0.255. The smallest absolute Gasteiger partial charge is 0.320 e. The molecule has 12 heavy (non-hydrogen) atoms. The average molecular weight is 173 g/mol. The number of hydrogen-bond donors (Lipinski definition) is 4. The molecule has 0 fully saturated rings. The maximum Gasteiger partial charge on any atom is 0.320 e. The van der Waals surface area contributed by atoms with Crippen molar-refractivity contribution in [3.63, 3.8) is 0 Å². The molecular formula is C7H15N3O2. The topological polar surface area (TPSA) is 113 Å². The van der Waals surface area contributed by atoms with Crippen LogP contribution in [0.4, 0.5) is 0 Å². The van der Waals surface area contributed by atoms with E-state index in [1.165, 1.54) is 0 Å². The van der Waals surface area contributed by atoms with Gasteiger partial charge in [0.2, 0.25) is 0 Å². The van der Waals surface area contributed by atoms with Crippen molar-refractivity contribution in [3.8, 4) is 0 Å². The van der Waals surface area contributed by atoms with Gasteiger partial charge in [-0.1, -0.05) is 6.42 Å². The lowest BCUT2D eigenvalue weighted by atomic mass is 10.1. The molecule has 70 valence electrons. The molecule has 0 unspecified atom stereocenters. The van der Waals surface area contributed by atoms with Crippen molar-refractivity contribution < 1.29 is 9.90 Å². The number of carboxylic acid groups (broad SMARTS) is 1. The first-order chi connectivity index (χ1) is 5.54. The summed E-state index contributed by atoms with van der Waals surface area (Å²) in [4.78, 5) is 10.2. The monoisotopic (exact) mass is 173 g/mol. The van der Waals surface area contributed by atoms with Gasteiger partial charge in [-0.2, -0.15) is 0 Å². The molecule has 0 aliphatic carbocycles. The third-order valence-corrected chi connectivity index (χ3v) is 1.53. The number of nitrogens with one attached hydrogen (secondary N) is 1. The lowest BCUT2D eigenvalue weighted by molar-refractivity contribution is -0.138. The zero-order valence-electron chi connectivity index (χ0n) is 6.92. The molecule has 5 heteroatoms. The van der Waals surface area contributed by atoms with Crippen molar-refractivity contribution in [2.75, 3.05) is 0 Å². The van der Waals surface area contributed by atoms with Gasteiger partial charge in [-0.15, -0.1) is 0 Å². The number of nitrogens with two attached hydrogens (primary N) is 2. The number of rotatable bonds is 6. The van der Waals surface area contributed by atoms with Crippen molar-refractivity contribution in [1.82, 2.24) is 0 Å². The van der Waals surface area contributed by atoms with Crippen LogP contribution in [-0.4, -0.2) is 23.0 Å². The summed E-state index contributed by atoms with van der Waals surface area (Å²) in [5, 5.41) is 15.3. The normalized spacial score (nSPS) is 12.4. The summed E-state index contributed by atoms with van der Waals surface area (Å²) in [6.07, 6.45) is 2.40. The van der Waals surface area contributed by atoms with Crippen LogP contribution in [0.25, 0.3) is 0 Å². The minimum atomic E-state index is -0.974. The molecule has 0 aliphatic rings. The highest BCUT2D eigenvalue weighted by Gasteiger charge is 2.09. The highest BCUT2D eigenvalue weighted by atomic mass is 16.4. The Morgan fingerprint density at radius 3 is 2.50 bits per heavy atom. The van der Waals surface area contributed by atoms with E-state index in [2.05, 4.69) is 0 Å². The second kappa shape index (κ2) is 5.54. The van der Waals surface area contributed by atoms with Gasteiger partial charge in [0.25, 0.3) is 0 Å². The molecule has 0 aliphatic heterocycles. The van der Waals surface area contributed by atoms with Crippen LogP contribution < -0.4 is 11.5 Å². The number of carboxylic acids is 1. The largest absolute Gasteiger partial charge is 0.480 e. The fourth-order valence-electron chi connectivity index (χ4n) is 0.803. The molecule has 5 nitrogen and oxygen atoms in total. The molecule has 0 rings (SSSR count). The van der Waals surface area contributed by atoms with E-state index in [1.54, 1.807) is 0 Å². The summed E-state index contributed by atoms with van der Waals surface area (Å²) in [6.45, 7) is 0. The van der Waals surface area contributed by atoms with Gasteiger partial charge in [0.05, 0.1) is 5.84 Å². The maximum atomic E-state index is 10.2. The Morgan fingerprint density at radius 2 is 2.08 bits per heavy atom. The Hall–Kier alpha value is -1.10. The Balaban J connectivity index is 3.31. The van der Waals surface area contributed by atoms with E-state index in [4.69, 9.17) is 22.0 Å². The number of hydrogen-bond acceptors (Lipinski definition) is 3. The van der Waals surface area contributed by atoms with Crippen molar-refractivity contribution in [1.29, 1.82) is 5.41 Å². The molecule has 0 spiro atoms. The van der Waals surface area contributed by atoms with Crippen LogP contribution in [0.2, 0.25) is 0 Å². The minimum absolute atomic E-state index is 0.138. The first-order valence-corrected chi connectivity index (χ1v) is 3.85. The number of amidine groups is 1. The van der Waals surface area contributed by atoms with E-state index in [9.17, 15) is 4.79 Å². The summed E-state index contributed by atoms with van der Waals surface area (Å²) >= 11 is 0. The first-order valence-electron chi connectivity index (χ1n) is 3.85. The zero-order valence-corrected chi connectivity index (χ0v) is 6.92. The van der Waals surface area contributed by atoms with Crippen molar-refractivity contribution >= 4 is 11.8 Å². The fraction of sp³-hybridized carbons (Fsp3) is 0.714. The average Bonchev–Trinajstić information content (AvgIpc) is 1.97. The molecule has 0 amide bonds. The minimum Gasteiger partial charge on any atom is -0.480 e. The van der Waals surface area contributed by atoms with Gasteiger partial charge in [-0.3, -0.25) is 10.2 Å². The second-order valence-corrected chi connectivity index (χ2v) is 2.72. The van der Waals surface area contributed by atoms with Gasteiger partial charge in [-0.05, 0) is 12.8 Å². The lowest BCUT2D eigenvalue weighted by Gasteiger charge is -2.04. The van der Waals surface area contributed by atoms with Crippen molar-refractivity contribution in [2.45, 2.75) is 31.7 Å². The van der Waals surface area contributed by atoms with Gasteiger partial charge in [-0.25, -0.2) is 0 Å². The molecule has 0 aromatic carbocycles. The van der Waals surface area contributed by atoms with Crippen molar-refractivity contribution in [3.05, 3.63) is 0 Å². The Bertz CT molecular complexity index is 170. The first kappa shape index (κ1) is 10.9. The molecular weight excluding hydrogens is 158 g/mol. The van der Waals surface area contributed by atoms with E-state index >= 15 is 0 Å². The predicted octanol–water partition coefficient (Wildman–Crippen LogP) is -0.105. The third kappa shape index (κ3) is 5.67. The fourth-order valence-corrected chi connectivity index (χ4v) is 0.803. The number of carbonyl (C=O) groups is 1. The lowest BCUT2D eigenvalue weighted by Crippen LogP contribution is -2.29.